The van der Waals surface area contributed by atoms with Crippen LogP contribution >= 0.6 is 11.3 Å². The van der Waals surface area contributed by atoms with Crippen LogP contribution in [0.1, 0.15) is 10.4 Å². The molecular formula is C12H12N2O4S. The summed E-state index contributed by atoms with van der Waals surface area (Å²) in [6, 6.07) is 4.82. The topological polar surface area (TPSA) is 99.5 Å². The lowest BCUT2D eigenvalue weighted by Gasteiger charge is -2.00. The number of hydrogen-bond acceptors (Lipinski definition) is 5. The Morgan fingerprint density at radius 2 is 2.16 bits per heavy atom. The van der Waals surface area contributed by atoms with Crippen molar-refractivity contribution < 1.29 is 19.8 Å². The molecule has 2 aromatic rings. The largest absolute Gasteiger partial charge is 0.507 e. The summed E-state index contributed by atoms with van der Waals surface area (Å²) in [6.07, 6.45) is 2.91. The van der Waals surface area contributed by atoms with Crippen molar-refractivity contribution in [1.29, 1.82) is 0 Å². The number of carbonyl (C=O) groups excluding carboxylic acids is 1. The van der Waals surface area contributed by atoms with E-state index in [4.69, 9.17) is 10.2 Å². The number of thiophene rings is 1. The molecule has 1 amide bonds. The van der Waals surface area contributed by atoms with E-state index in [-0.39, 0.29) is 6.54 Å². The number of carboxylic acid groups (broad SMARTS) is 1. The Labute approximate surface area is 113 Å². The summed E-state index contributed by atoms with van der Waals surface area (Å²) < 4.78 is 0. The fourth-order valence-electron chi connectivity index (χ4n) is 1.01. The van der Waals surface area contributed by atoms with E-state index in [2.05, 4.69) is 10.3 Å². The summed E-state index contributed by atoms with van der Waals surface area (Å²) in [5, 5.41) is 22.5. The van der Waals surface area contributed by atoms with Gasteiger partial charge in [-0.05, 0) is 23.6 Å². The molecule has 0 bridgehead atoms. The third-order valence-electron chi connectivity index (χ3n) is 1.83. The van der Waals surface area contributed by atoms with Gasteiger partial charge in [-0.3, -0.25) is 14.6 Å². The van der Waals surface area contributed by atoms with Gasteiger partial charge >= 0.3 is 5.97 Å². The first-order valence-corrected chi connectivity index (χ1v) is 6.15. The molecule has 0 aliphatic rings. The second-order valence-electron chi connectivity index (χ2n) is 3.30. The van der Waals surface area contributed by atoms with Crippen molar-refractivity contribution in [3.8, 4) is 5.75 Å². The van der Waals surface area contributed by atoms with Gasteiger partial charge in [-0.1, -0.05) is 0 Å². The number of pyridine rings is 1. The second kappa shape index (κ2) is 7.83. The highest BCUT2D eigenvalue weighted by Crippen LogP contribution is 2.10. The fraction of sp³-hybridized carbons (Fsp3) is 0.0833. The molecule has 6 nitrogen and oxygen atoms in total. The molecule has 2 rings (SSSR count). The summed E-state index contributed by atoms with van der Waals surface area (Å²) >= 11 is 1.49. The average Bonchev–Trinajstić information content (AvgIpc) is 2.89. The maximum Gasteiger partial charge on any atom is 0.322 e. The van der Waals surface area contributed by atoms with Gasteiger partial charge in [-0.15, -0.1) is 11.3 Å². The smallest absolute Gasteiger partial charge is 0.322 e. The Morgan fingerprint density at radius 3 is 2.58 bits per heavy atom. The first-order chi connectivity index (χ1) is 9.09. The van der Waals surface area contributed by atoms with Gasteiger partial charge < -0.3 is 15.5 Å². The molecular weight excluding hydrogens is 268 g/mol. The molecule has 0 aromatic carbocycles. The van der Waals surface area contributed by atoms with E-state index in [1.54, 1.807) is 23.6 Å². The van der Waals surface area contributed by atoms with Crippen LogP contribution in [0.2, 0.25) is 0 Å². The van der Waals surface area contributed by atoms with Crippen LogP contribution < -0.4 is 5.32 Å². The maximum absolute atomic E-state index is 11.1. The van der Waals surface area contributed by atoms with Crippen molar-refractivity contribution in [2.45, 2.75) is 0 Å². The van der Waals surface area contributed by atoms with Gasteiger partial charge in [0.05, 0.1) is 5.56 Å². The van der Waals surface area contributed by atoms with Crippen molar-refractivity contribution in [3.05, 3.63) is 46.9 Å². The number of carboxylic acids is 1. The zero-order valence-electron chi connectivity index (χ0n) is 9.81. The number of aliphatic carboxylic acids is 1. The number of carbonyl (C=O) groups is 2. The number of nitrogens with zero attached hydrogens (tertiary/aromatic N) is 1. The minimum atomic E-state index is -1.07. The van der Waals surface area contributed by atoms with Crippen LogP contribution in [0, 0.1) is 0 Å². The van der Waals surface area contributed by atoms with Gasteiger partial charge in [0.2, 0.25) is 0 Å². The summed E-state index contributed by atoms with van der Waals surface area (Å²) in [7, 11) is 0. The molecule has 0 saturated heterocycles. The zero-order chi connectivity index (χ0) is 14.1. The predicted molar refractivity (Wildman–Crippen MR) is 70.2 cm³/mol. The molecule has 0 saturated carbocycles. The third kappa shape index (κ3) is 6.18. The Hall–Kier alpha value is -2.41. The van der Waals surface area contributed by atoms with Crippen LogP contribution in [-0.2, 0) is 4.79 Å². The van der Waals surface area contributed by atoms with Gasteiger partial charge in [0.25, 0.3) is 5.91 Å². The normalized spacial score (nSPS) is 9.05. The molecule has 2 heterocycles. The number of aromatic nitrogens is 1. The average molecular weight is 280 g/mol. The van der Waals surface area contributed by atoms with Gasteiger partial charge in [-0.25, -0.2) is 0 Å². The Morgan fingerprint density at radius 1 is 1.37 bits per heavy atom. The van der Waals surface area contributed by atoms with E-state index in [0.717, 1.165) is 0 Å². The molecule has 3 N–H and O–H groups in total. The van der Waals surface area contributed by atoms with E-state index in [9.17, 15) is 9.59 Å². The van der Waals surface area contributed by atoms with Crippen molar-refractivity contribution >= 4 is 23.2 Å². The van der Waals surface area contributed by atoms with Crippen molar-refractivity contribution in [1.82, 2.24) is 10.3 Å². The minimum absolute atomic E-state index is 0.351. The molecule has 0 unspecified atom stereocenters. The van der Waals surface area contributed by atoms with E-state index >= 15 is 0 Å². The maximum atomic E-state index is 11.1. The molecule has 0 aliphatic heterocycles. The van der Waals surface area contributed by atoms with E-state index in [1.807, 2.05) is 5.38 Å². The van der Waals surface area contributed by atoms with E-state index < -0.39 is 11.9 Å². The van der Waals surface area contributed by atoms with Crippen LogP contribution in [0.25, 0.3) is 0 Å². The van der Waals surface area contributed by atoms with E-state index in [1.165, 1.54) is 23.7 Å². The molecule has 0 fully saturated rings. The molecule has 2 aromatic heterocycles. The van der Waals surface area contributed by atoms with Crippen LogP contribution in [0.5, 0.6) is 5.75 Å². The van der Waals surface area contributed by atoms with Gasteiger partial charge in [0.1, 0.15) is 12.3 Å². The molecule has 0 spiro atoms. The number of nitrogens with one attached hydrogen (secondary N) is 1. The van der Waals surface area contributed by atoms with Crippen molar-refractivity contribution in [2.24, 2.45) is 0 Å². The summed E-state index contributed by atoms with van der Waals surface area (Å²) in [6.45, 7) is -0.381. The van der Waals surface area contributed by atoms with Gasteiger partial charge in [0, 0.05) is 17.8 Å². The lowest BCUT2D eigenvalue weighted by atomic mass is 10.3. The monoisotopic (exact) mass is 280 g/mol. The van der Waals surface area contributed by atoms with Crippen LogP contribution in [0.4, 0.5) is 0 Å². The Kier molecular flexibility index (Phi) is 6.04. The third-order valence-corrected chi connectivity index (χ3v) is 2.50. The first kappa shape index (κ1) is 14.7. The number of rotatable bonds is 3. The predicted octanol–water partition coefficient (Wildman–Crippen LogP) is 1.35. The second-order valence-corrected chi connectivity index (χ2v) is 4.08. The van der Waals surface area contributed by atoms with Crippen molar-refractivity contribution in [2.75, 3.05) is 6.54 Å². The lowest BCUT2D eigenvalue weighted by molar-refractivity contribution is -0.135. The quantitative estimate of drug-likeness (QED) is 0.788. The van der Waals surface area contributed by atoms with Crippen LogP contribution in [0.3, 0.4) is 0 Å². The molecule has 7 heteroatoms. The highest BCUT2D eigenvalue weighted by Gasteiger charge is 2.05. The SMILES string of the molecule is O=C(O)CNC(=O)c1cccnc1.Oc1ccsc1. The molecule has 19 heavy (non-hydrogen) atoms. The van der Waals surface area contributed by atoms with E-state index in [0.29, 0.717) is 11.3 Å². The Balaban J connectivity index is 0.000000250. The number of aromatic hydroxyl groups is 1. The van der Waals surface area contributed by atoms with Crippen LogP contribution in [-0.4, -0.2) is 33.6 Å². The molecule has 100 valence electrons. The van der Waals surface area contributed by atoms with Gasteiger partial charge in [-0.2, -0.15) is 0 Å². The lowest BCUT2D eigenvalue weighted by Crippen LogP contribution is -2.29. The summed E-state index contributed by atoms with van der Waals surface area (Å²) in [4.78, 5) is 25.0. The summed E-state index contributed by atoms with van der Waals surface area (Å²) in [5.41, 5.74) is 0.351. The highest BCUT2D eigenvalue weighted by atomic mass is 32.1. The van der Waals surface area contributed by atoms with Gasteiger partial charge in [0.15, 0.2) is 0 Å². The van der Waals surface area contributed by atoms with Crippen LogP contribution in [0.15, 0.2) is 41.4 Å². The van der Waals surface area contributed by atoms with Crippen molar-refractivity contribution in [3.63, 3.8) is 0 Å². The number of hydrogen-bond donors (Lipinski definition) is 3. The molecule has 0 atom stereocenters. The standard InChI is InChI=1S/C8H8N2O3.C4H4OS/c11-7(12)5-10-8(13)6-2-1-3-9-4-6;5-4-1-2-6-3-4/h1-4H,5H2,(H,10,13)(H,11,12);1-3,5H. The minimum Gasteiger partial charge on any atom is -0.507 e. The first-order valence-electron chi connectivity index (χ1n) is 5.21. The molecule has 0 aliphatic carbocycles. The summed E-state index contributed by atoms with van der Waals surface area (Å²) in [5.74, 6) is -1.15. The Bertz CT molecular complexity index is 514. The highest BCUT2D eigenvalue weighted by molar-refractivity contribution is 7.08. The fourth-order valence-corrected chi connectivity index (χ4v) is 1.53. The number of amides is 1. The molecule has 0 radical (unpaired) electrons. The zero-order valence-corrected chi connectivity index (χ0v) is 10.6.